The molecule has 20 heavy (non-hydrogen) atoms. The Labute approximate surface area is 119 Å². The average molecular weight is 299 g/mol. The molecule has 0 radical (unpaired) electrons. The Bertz CT molecular complexity index is 604. The molecule has 112 valence electrons. The highest BCUT2D eigenvalue weighted by molar-refractivity contribution is 7.89. The molecule has 1 aromatic rings. The highest BCUT2D eigenvalue weighted by Crippen LogP contribution is 2.18. The van der Waals surface area contributed by atoms with Crippen molar-refractivity contribution in [3.63, 3.8) is 0 Å². The number of aryl methyl sites for hydroxylation is 1. The number of nitrogens with one attached hydrogen (secondary N) is 2. The molecule has 4 N–H and O–H groups in total. The number of anilines is 1. The lowest BCUT2D eigenvalue weighted by atomic mass is 10.1. The Kier molecular flexibility index (Phi) is 4.90. The smallest absolute Gasteiger partial charge is 0.238 e. The fraction of sp³-hybridized carbons (Fsp3) is 0.462. The average Bonchev–Trinajstić information content (AvgIpc) is 2.27. The molecule has 0 aliphatic rings. The van der Waals surface area contributed by atoms with Crippen molar-refractivity contribution in [1.29, 1.82) is 0 Å². The molecular weight excluding hydrogens is 278 g/mol. The van der Waals surface area contributed by atoms with Gasteiger partial charge in [-0.25, -0.2) is 13.6 Å². The zero-order valence-electron chi connectivity index (χ0n) is 12.1. The van der Waals surface area contributed by atoms with Gasteiger partial charge >= 0.3 is 0 Å². The van der Waals surface area contributed by atoms with E-state index in [1.54, 1.807) is 19.1 Å². The van der Waals surface area contributed by atoms with Gasteiger partial charge in [-0.2, -0.15) is 0 Å². The number of nitrogens with two attached hydrogens (primary N) is 1. The minimum Gasteiger partial charge on any atom is -0.325 e. The second-order valence-corrected chi connectivity index (χ2v) is 7.21. The maximum atomic E-state index is 11.8. The van der Waals surface area contributed by atoms with Crippen LogP contribution >= 0.6 is 0 Å². The first-order chi connectivity index (χ1) is 8.99. The van der Waals surface area contributed by atoms with Crippen molar-refractivity contribution in [2.45, 2.75) is 38.1 Å². The van der Waals surface area contributed by atoms with Gasteiger partial charge in [-0.1, -0.05) is 6.07 Å². The summed E-state index contributed by atoms with van der Waals surface area (Å²) in [6, 6.07) is 4.60. The Morgan fingerprint density at radius 3 is 2.40 bits per heavy atom. The molecule has 0 fully saturated rings. The van der Waals surface area contributed by atoms with Crippen LogP contribution < -0.4 is 15.8 Å². The van der Waals surface area contributed by atoms with E-state index in [0.29, 0.717) is 11.3 Å². The van der Waals surface area contributed by atoms with E-state index in [-0.39, 0.29) is 22.9 Å². The van der Waals surface area contributed by atoms with Gasteiger partial charge in [0, 0.05) is 11.2 Å². The second kappa shape index (κ2) is 5.90. The van der Waals surface area contributed by atoms with E-state index < -0.39 is 10.0 Å². The van der Waals surface area contributed by atoms with Crippen molar-refractivity contribution < 1.29 is 13.2 Å². The molecule has 0 unspecified atom stereocenters. The third kappa shape index (κ3) is 5.28. The topological polar surface area (TPSA) is 101 Å². The SMILES string of the molecule is Cc1ccc(NC(=O)CNC(C)(C)C)cc1S(N)(=O)=O. The number of sulfonamides is 1. The molecule has 6 nitrogen and oxygen atoms in total. The second-order valence-electron chi connectivity index (χ2n) is 5.68. The normalized spacial score (nSPS) is 12.2. The molecule has 7 heteroatoms. The maximum Gasteiger partial charge on any atom is 0.238 e. The highest BCUT2D eigenvalue weighted by atomic mass is 32.2. The van der Waals surface area contributed by atoms with Crippen molar-refractivity contribution in [3.05, 3.63) is 23.8 Å². The summed E-state index contributed by atoms with van der Waals surface area (Å²) >= 11 is 0. The maximum absolute atomic E-state index is 11.8. The van der Waals surface area contributed by atoms with Gasteiger partial charge in [0.2, 0.25) is 15.9 Å². The number of rotatable bonds is 4. The summed E-state index contributed by atoms with van der Waals surface area (Å²) in [5.41, 5.74) is 0.773. The number of hydrogen-bond acceptors (Lipinski definition) is 4. The van der Waals surface area contributed by atoms with Crippen LogP contribution in [-0.2, 0) is 14.8 Å². The van der Waals surface area contributed by atoms with E-state index in [9.17, 15) is 13.2 Å². The van der Waals surface area contributed by atoms with Gasteiger partial charge in [0.15, 0.2) is 0 Å². The highest BCUT2D eigenvalue weighted by Gasteiger charge is 2.14. The van der Waals surface area contributed by atoms with Gasteiger partial charge in [-0.15, -0.1) is 0 Å². The lowest BCUT2D eigenvalue weighted by Gasteiger charge is -2.20. The lowest BCUT2D eigenvalue weighted by molar-refractivity contribution is -0.115. The zero-order chi connectivity index (χ0) is 15.6. The molecule has 0 aromatic heterocycles. The van der Waals surface area contributed by atoms with Gasteiger partial charge < -0.3 is 10.6 Å². The molecule has 0 aliphatic heterocycles. The predicted molar refractivity (Wildman–Crippen MR) is 78.9 cm³/mol. The van der Waals surface area contributed by atoms with Crippen LogP contribution in [0.3, 0.4) is 0 Å². The third-order valence-electron chi connectivity index (χ3n) is 2.56. The molecule has 0 heterocycles. The predicted octanol–water partition coefficient (Wildman–Crippen LogP) is 0.969. The minimum atomic E-state index is -3.79. The van der Waals surface area contributed by atoms with Gasteiger partial charge in [0.1, 0.15) is 0 Å². The summed E-state index contributed by atoms with van der Waals surface area (Å²) in [5, 5.41) is 10.8. The molecule has 0 bridgehead atoms. The van der Waals surface area contributed by atoms with E-state index in [2.05, 4.69) is 10.6 Å². The van der Waals surface area contributed by atoms with Crippen LogP contribution in [0.15, 0.2) is 23.1 Å². The molecule has 0 aliphatic carbocycles. The van der Waals surface area contributed by atoms with Crippen molar-refractivity contribution in [2.75, 3.05) is 11.9 Å². The van der Waals surface area contributed by atoms with Crippen molar-refractivity contribution in [3.8, 4) is 0 Å². The summed E-state index contributed by atoms with van der Waals surface area (Å²) < 4.78 is 22.8. The van der Waals surface area contributed by atoms with E-state index in [0.717, 1.165) is 0 Å². The van der Waals surface area contributed by atoms with Crippen LogP contribution in [0.5, 0.6) is 0 Å². The lowest BCUT2D eigenvalue weighted by Crippen LogP contribution is -2.41. The number of hydrogen-bond donors (Lipinski definition) is 3. The van der Waals surface area contributed by atoms with Crippen molar-refractivity contribution in [2.24, 2.45) is 5.14 Å². The van der Waals surface area contributed by atoms with Crippen LogP contribution in [0, 0.1) is 6.92 Å². The zero-order valence-corrected chi connectivity index (χ0v) is 13.0. The summed E-state index contributed by atoms with van der Waals surface area (Å²) in [6.45, 7) is 7.64. The Balaban J connectivity index is 2.82. The van der Waals surface area contributed by atoms with Crippen LogP contribution in [0.25, 0.3) is 0 Å². The fourth-order valence-corrected chi connectivity index (χ4v) is 2.34. The molecule has 0 atom stereocenters. The van der Waals surface area contributed by atoms with Gasteiger partial charge in [0.05, 0.1) is 11.4 Å². The number of amides is 1. The van der Waals surface area contributed by atoms with Crippen LogP contribution in [0.1, 0.15) is 26.3 Å². The quantitative estimate of drug-likeness (QED) is 0.771. The van der Waals surface area contributed by atoms with Crippen LogP contribution in [0.2, 0.25) is 0 Å². The fourth-order valence-electron chi connectivity index (χ4n) is 1.53. The number of primary sulfonamides is 1. The van der Waals surface area contributed by atoms with E-state index >= 15 is 0 Å². The van der Waals surface area contributed by atoms with Crippen molar-refractivity contribution >= 4 is 21.6 Å². The molecule has 0 spiro atoms. The van der Waals surface area contributed by atoms with E-state index in [1.807, 2.05) is 20.8 Å². The van der Waals surface area contributed by atoms with Gasteiger partial charge in [-0.3, -0.25) is 4.79 Å². The first-order valence-corrected chi connectivity index (χ1v) is 7.72. The van der Waals surface area contributed by atoms with Crippen molar-refractivity contribution in [1.82, 2.24) is 5.32 Å². The number of carbonyl (C=O) groups is 1. The molecule has 1 amide bonds. The first kappa shape index (κ1) is 16.6. The first-order valence-electron chi connectivity index (χ1n) is 6.17. The molecule has 1 aromatic carbocycles. The monoisotopic (exact) mass is 299 g/mol. The molecular formula is C13H21N3O3S. The third-order valence-corrected chi connectivity index (χ3v) is 3.61. The number of benzene rings is 1. The molecule has 0 saturated carbocycles. The minimum absolute atomic E-state index is 0.0130. The molecule has 1 rings (SSSR count). The summed E-state index contributed by atoms with van der Waals surface area (Å²) in [4.78, 5) is 11.8. The van der Waals surface area contributed by atoms with Crippen LogP contribution in [-0.4, -0.2) is 26.4 Å². The summed E-state index contributed by atoms with van der Waals surface area (Å²) in [6.07, 6.45) is 0. The summed E-state index contributed by atoms with van der Waals surface area (Å²) in [7, 11) is -3.79. The Morgan fingerprint density at radius 1 is 1.30 bits per heavy atom. The molecule has 0 saturated heterocycles. The van der Waals surface area contributed by atoms with Gasteiger partial charge in [-0.05, 0) is 45.4 Å². The Morgan fingerprint density at radius 2 is 1.90 bits per heavy atom. The number of carbonyl (C=O) groups excluding carboxylic acids is 1. The van der Waals surface area contributed by atoms with E-state index in [4.69, 9.17) is 5.14 Å². The van der Waals surface area contributed by atoms with Gasteiger partial charge in [0.25, 0.3) is 0 Å². The van der Waals surface area contributed by atoms with E-state index in [1.165, 1.54) is 6.07 Å². The summed E-state index contributed by atoms with van der Waals surface area (Å²) in [5.74, 6) is -0.246. The Hall–Kier alpha value is -1.44. The standard InChI is InChI=1S/C13H21N3O3S/c1-9-5-6-10(7-11(9)20(14,18)19)16-12(17)8-15-13(2,3)4/h5-7,15H,8H2,1-4H3,(H,16,17)(H2,14,18,19). The largest absolute Gasteiger partial charge is 0.325 e. The van der Waals surface area contributed by atoms with Crippen LogP contribution in [0.4, 0.5) is 5.69 Å².